The van der Waals surface area contributed by atoms with Crippen LogP contribution in [0.2, 0.25) is 0 Å². The fourth-order valence-corrected chi connectivity index (χ4v) is 4.76. The molecule has 6 nitrogen and oxygen atoms in total. The van der Waals surface area contributed by atoms with Gasteiger partial charge in [0.1, 0.15) is 5.58 Å². The average molecular weight is 475 g/mol. The molecule has 1 N–H and O–H groups in total. The highest BCUT2D eigenvalue weighted by Crippen LogP contribution is 2.40. The number of hydrogen-bond donors (Lipinski definition) is 1. The van der Waals surface area contributed by atoms with E-state index in [1.54, 1.807) is 17.0 Å². The van der Waals surface area contributed by atoms with Crippen molar-refractivity contribution in [1.29, 1.82) is 0 Å². The second kappa shape index (κ2) is 10.5. The van der Waals surface area contributed by atoms with E-state index in [1.807, 2.05) is 42.5 Å². The molecule has 1 aliphatic heterocycles. The molecule has 1 aromatic heterocycles. The highest BCUT2D eigenvalue weighted by Gasteiger charge is 2.44. The van der Waals surface area contributed by atoms with E-state index in [9.17, 15) is 14.7 Å². The Bertz CT molecular complexity index is 1200. The quantitative estimate of drug-likeness (QED) is 0.372. The predicted molar refractivity (Wildman–Crippen MR) is 138 cm³/mol. The Labute approximate surface area is 206 Å². The number of para-hydroxylation sites is 1. The van der Waals surface area contributed by atoms with Crippen molar-refractivity contribution in [3.8, 4) is 0 Å². The summed E-state index contributed by atoms with van der Waals surface area (Å²) in [4.78, 5) is 30.8. The van der Waals surface area contributed by atoms with Crippen LogP contribution in [-0.4, -0.2) is 52.8 Å². The zero-order valence-electron chi connectivity index (χ0n) is 21.0. The number of amides is 1. The van der Waals surface area contributed by atoms with E-state index in [4.69, 9.17) is 4.42 Å². The molecule has 35 heavy (non-hydrogen) atoms. The van der Waals surface area contributed by atoms with Gasteiger partial charge >= 0.3 is 0 Å². The first-order valence-electron chi connectivity index (χ1n) is 12.4. The summed E-state index contributed by atoms with van der Waals surface area (Å²) in [7, 11) is 0. The Hall–Kier alpha value is -3.38. The molecule has 1 amide bonds. The molecule has 1 unspecified atom stereocenters. The van der Waals surface area contributed by atoms with Gasteiger partial charge in [0.2, 0.25) is 5.78 Å². The van der Waals surface area contributed by atoms with Gasteiger partial charge in [-0.1, -0.05) is 70.2 Å². The lowest BCUT2D eigenvalue weighted by Gasteiger charge is -2.28. The smallest absolute Gasteiger partial charge is 0.290 e. The molecule has 2 aromatic carbocycles. The SMILES string of the molecule is CCN(CC)CCCN1C(=O)C(O)=C(C(=O)c2cc3ccccc3o2)C1c1ccc(C(C)C)cc1. The van der Waals surface area contributed by atoms with Crippen LogP contribution in [0.1, 0.15) is 67.8 Å². The van der Waals surface area contributed by atoms with E-state index in [2.05, 4.69) is 32.6 Å². The molecule has 6 heteroatoms. The second-order valence-electron chi connectivity index (χ2n) is 9.34. The summed E-state index contributed by atoms with van der Waals surface area (Å²) >= 11 is 0. The van der Waals surface area contributed by atoms with Crippen molar-refractivity contribution in [2.24, 2.45) is 0 Å². The standard InChI is InChI=1S/C29H34N2O4/c1-5-30(6-2)16-9-17-31-26(21-14-12-20(13-15-21)19(3)4)25(28(33)29(31)34)27(32)24-18-22-10-7-8-11-23(22)35-24/h7-8,10-15,18-19,26,33H,5-6,9,16-17H2,1-4H3. The molecular weight excluding hydrogens is 440 g/mol. The third kappa shape index (κ3) is 4.89. The van der Waals surface area contributed by atoms with Crippen molar-refractivity contribution in [2.75, 3.05) is 26.2 Å². The van der Waals surface area contributed by atoms with Crippen LogP contribution < -0.4 is 0 Å². The van der Waals surface area contributed by atoms with Crippen molar-refractivity contribution in [3.05, 3.63) is 82.8 Å². The Morgan fingerprint density at radius 3 is 2.40 bits per heavy atom. The van der Waals surface area contributed by atoms with Crippen LogP contribution in [0.4, 0.5) is 0 Å². The van der Waals surface area contributed by atoms with E-state index in [0.717, 1.165) is 37.0 Å². The molecule has 184 valence electrons. The van der Waals surface area contributed by atoms with E-state index in [1.165, 1.54) is 5.56 Å². The van der Waals surface area contributed by atoms with Crippen molar-refractivity contribution in [3.63, 3.8) is 0 Å². The lowest BCUT2D eigenvalue weighted by molar-refractivity contribution is -0.129. The number of benzene rings is 2. The summed E-state index contributed by atoms with van der Waals surface area (Å²) < 4.78 is 5.81. The van der Waals surface area contributed by atoms with Crippen LogP contribution in [0.25, 0.3) is 11.0 Å². The first-order chi connectivity index (χ1) is 16.8. The lowest BCUT2D eigenvalue weighted by Crippen LogP contribution is -2.34. The van der Waals surface area contributed by atoms with Crippen LogP contribution in [0.3, 0.4) is 0 Å². The molecule has 0 fully saturated rings. The number of hydrogen-bond acceptors (Lipinski definition) is 5. The number of fused-ring (bicyclic) bond motifs is 1. The third-order valence-corrected chi connectivity index (χ3v) is 6.88. The zero-order chi connectivity index (χ0) is 25.1. The number of carbonyl (C=O) groups excluding carboxylic acids is 2. The van der Waals surface area contributed by atoms with Crippen molar-refractivity contribution >= 4 is 22.7 Å². The second-order valence-corrected chi connectivity index (χ2v) is 9.34. The van der Waals surface area contributed by atoms with Gasteiger partial charge in [0.05, 0.1) is 11.6 Å². The number of rotatable bonds is 10. The molecule has 1 atom stereocenters. The van der Waals surface area contributed by atoms with Crippen LogP contribution in [0, 0.1) is 0 Å². The van der Waals surface area contributed by atoms with Crippen LogP contribution in [-0.2, 0) is 4.79 Å². The van der Waals surface area contributed by atoms with Gasteiger partial charge in [-0.3, -0.25) is 9.59 Å². The lowest BCUT2D eigenvalue weighted by atomic mass is 9.93. The number of ketones is 1. The minimum atomic E-state index is -0.666. The average Bonchev–Trinajstić information content (AvgIpc) is 3.41. The van der Waals surface area contributed by atoms with Crippen molar-refractivity contribution in [2.45, 2.75) is 46.1 Å². The van der Waals surface area contributed by atoms with Crippen molar-refractivity contribution in [1.82, 2.24) is 9.80 Å². The maximum absolute atomic E-state index is 13.7. The highest BCUT2D eigenvalue weighted by molar-refractivity contribution is 6.16. The van der Waals surface area contributed by atoms with E-state index in [0.29, 0.717) is 18.0 Å². The van der Waals surface area contributed by atoms with E-state index >= 15 is 0 Å². The zero-order valence-corrected chi connectivity index (χ0v) is 21.0. The first-order valence-corrected chi connectivity index (χ1v) is 12.4. The van der Waals surface area contributed by atoms with Gasteiger partial charge in [0, 0.05) is 11.9 Å². The Morgan fingerprint density at radius 1 is 1.09 bits per heavy atom. The molecular formula is C29H34N2O4. The number of nitrogens with zero attached hydrogens (tertiary/aromatic N) is 2. The Morgan fingerprint density at radius 2 is 1.77 bits per heavy atom. The summed E-state index contributed by atoms with van der Waals surface area (Å²) in [5, 5.41) is 11.7. The van der Waals surface area contributed by atoms with Crippen LogP contribution in [0.15, 0.2) is 70.3 Å². The number of carbonyl (C=O) groups is 2. The largest absolute Gasteiger partial charge is 0.503 e. The summed E-state index contributed by atoms with van der Waals surface area (Å²) in [6.45, 7) is 11.6. The maximum atomic E-state index is 13.7. The fourth-order valence-electron chi connectivity index (χ4n) is 4.76. The normalized spacial score (nSPS) is 16.3. The molecule has 1 aliphatic rings. The number of Topliss-reactive ketones (excluding diaryl/α,β-unsaturated/α-hetero) is 1. The topological polar surface area (TPSA) is 74.0 Å². The van der Waals surface area contributed by atoms with Gasteiger partial charge in [-0.25, -0.2) is 0 Å². The van der Waals surface area contributed by atoms with Gasteiger partial charge in [0.15, 0.2) is 11.5 Å². The molecule has 0 radical (unpaired) electrons. The van der Waals surface area contributed by atoms with Gasteiger partial charge in [0.25, 0.3) is 5.91 Å². The molecule has 0 saturated heterocycles. The summed E-state index contributed by atoms with van der Waals surface area (Å²) in [5.74, 6) is -0.983. The summed E-state index contributed by atoms with van der Waals surface area (Å²) in [6.07, 6.45) is 0.743. The highest BCUT2D eigenvalue weighted by atomic mass is 16.3. The van der Waals surface area contributed by atoms with Gasteiger partial charge < -0.3 is 19.3 Å². The molecule has 4 rings (SSSR count). The monoisotopic (exact) mass is 474 g/mol. The molecule has 0 spiro atoms. The number of aliphatic hydroxyl groups excluding tert-OH is 1. The van der Waals surface area contributed by atoms with E-state index in [-0.39, 0.29) is 11.3 Å². The van der Waals surface area contributed by atoms with Gasteiger partial charge in [-0.2, -0.15) is 0 Å². The molecule has 3 aromatic rings. The molecule has 0 bridgehead atoms. The summed E-state index contributed by atoms with van der Waals surface area (Å²) in [5.41, 5.74) is 2.64. The van der Waals surface area contributed by atoms with Crippen LogP contribution in [0.5, 0.6) is 0 Å². The van der Waals surface area contributed by atoms with E-state index < -0.39 is 23.5 Å². The number of aliphatic hydroxyl groups is 1. The molecule has 2 heterocycles. The minimum Gasteiger partial charge on any atom is -0.503 e. The summed E-state index contributed by atoms with van der Waals surface area (Å²) in [6, 6.07) is 16.3. The fraction of sp³-hybridized carbons (Fsp3) is 0.379. The minimum absolute atomic E-state index is 0.0780. The first kappa shape index (κ1) is 24.7. The predicted octanol–water partition coefficient (Wildman–Crippen LogP) is 5.87. The Kier molecular flexibility index (Phi) is 7.41. The molecule has 0 aliphatic carbocycles. The maximum Gasteiger partial charge on any atom is 0.290 e. The van der Waals surface area contributed by atoms with Crippen molar-refractivity contribution < 1.29 is 19.1 Å². The third-order valence-electron chi connectivity index (χ3n) is 6.88. The number of furan rings is 1. The Balaban J connectivity index is 1.70. The van der Waals surface area contributed by atoms with Crippen LogP contribution >= 0.6 is 0 Å². The molecule has 0 saturated carbocycles. The van der Waals surface area contributed by atoms with Gasteiger partial charge in [-0.05, 0) is 55.2 Å². The van der Waals surface area contributed by atoms with Gasteiger partial charge in [-0.15, -0.1) is 0 Å².